The number of rotatable bonds is 6. The first-order chi connectivity index (χ1) is 13.5. The number of aromatic nitrogens is 3. The summed E-state index contributed by atoms with van der Waals surface area (Å²) in [6.45, 7) is 9.86. The van der Waals surface area contributed by atoms with Crippen molar-refractivity contribution in [3.63, 3.8) is 0 Å². The fourth-order valence-electron chi connectivity index (χ4n) is 3.23. The standard InChI is InChI=1S/C19H28N4O4S2/c1-12-15(13(2)27-22-12)9-28-10-18(24)20-17-8-16(19(3,4)5)21-23(17)14-6-7-29(25,26)11-14/h8,14H,6-7,9-11H2,1-5H3,(H,20,24). The molecule has 0 aromatic carbocycles. The average Bonchev–Trinajstić information content (AvgIpc) is 3.27. The predicted molar refractivity (Wildman–Crippen MR) is 114 cm³/mol. The summed E-state index contributed by atoms with van der Waals surface area (Å²) < 4.78 is 30.7. The molecule has 0 spiro atoms. The van der Waals surface area contributed by atoms with Crippen molar-refractivity contribution < 1.29 is 17.7 Å². The topological polar surface area (TPSA) is 107 Å². The summed E-state index contributed by atoms with van der Waals surface area (Å²) in [4.78, 5) is 12.5. The third-order valence-corrected chi connectivity index (χ3v) is 7.70. The van der Waals surface area contributed by atoms with Crippen LogP contribution in [0.25, 0.3) is 0 Å². The average molecular weight is 441 g/mol. The Bertz CT molecular complexity index is 983. The summed E-state index contributed by atoms with van der Waals surface area (Å²) in [5, 5.41) is 11.5. The molecule has 0 saturated carbocycles. The van der Waals surface area contributed by atoms with E-state index in [-0.39, 0.29) is 34.6 Å². The molecular formula is C19H28N4O4S2. The molecule has 160 valence electrons. The second kappa shape index (κ2) is 8.14. The van der Waals surface area contributed by atoms with Gasteiger partial charge in [0, 0.05) is 22.8 Å². The summed E-state index contributed by atoms with van der Waals surface area (Å²) in [6, 6.07) is 1.60. The normalized spacial score (nSPS) is 18.9. The number of hydrogen-bond donors (Lipinski definition) is 1. The van der Waals surface area contributed by atoms with E-state index < -0.39 is 9.84 Å². The number of amides is 1. The Hall–Kier alpha value is -1.81. The number of thioether (sulfide) groups is 1. The second-order valence-electron chi connectivity index (χ2n) is 8.51. The van der Waals surface area contributed by atoms with Crippen LogP contribution in [0, 0.1) is 13.8 Å². The molecule has 0 aliphatic carbocycles. The highest BCUT2D eigenvalue weighted by Gasteiger charge is 2.32. The van der Waals surface area contributed by atoms with Crippen LogP contribution in [-0.4, -0.2) is 46.5 Å². The van der Waals surface area contributed by atoms with Crippen molar-refractivity contribution in [1.29, 1.82) is 0 Å². The molecule has 1 aliphatic heterocycles. The summed E-state index contributed by atoms with van der Waals surface area (Å²) in [5.74, 6) is 2.30. The first-order valence-corrected chi connectivity index (χ1v) is 12.5. The van der Waals surface area contributed by atoms with Gasteiger partial charge in [0.15, 0.2) is 9.84 Å². The van der Waals surface area contributed by atoms with Crippen LogP contribution in [0.4, 0.5) is 5.82 Å². The molecule has 10 heteroatoms. The Labute approximate surface area is 175 Å². The number of carbonyl (C=O) groups excluding carboxylic acids is 1. The maximum absolute atomic E-state index is 12.5. The van der Waals surface area contributed by atoms with Crippen molar-refractivity contribution in [3.8, 4) is 0 Å². The van der Waals surface area contributed by atoms with E-state index in [1.54, 1.807) is 4.68 Å². The van der Waals surface area contributed by atoms with Crippen molar-refractivity contribution in [2.75, 3.05) is 22.6 Å². The zero-order valence-electron chi connectivity index (χ0n) is 17.5. The molecule has 29 heavy (non-hydrogen) atoms. The lowest BCUT2D eigenvalue weighted by Crippen LogP contribution is -2.21. The van der Waals surface area contributed by atoms with Crippen LogP contribution in [-0.2, 0) is 25.8 Å². The van der Waals surface area contributed by atoms with Gasteiger partial charge in [0.25, 0.3) is 0 Å². The van der Waals surface area contributed by atoms with Gasteiger partial charge >= 0.3 is 0 Å². The van der Waals surface area contributed by atoms with Crippen LogP contribution >= 0.6 is 11.8 Å². The van der Waals surface area contributed by atoms with Crippen LogP contribution in [0.1, 0.15) is 55.9 Å². The quantitative estimate of drug-likeness (QED) is 0.736. The number of anilines is 1. The molecule has 0 radical (unpaired) electrons. The smallest absolute Gasteiger partial charge is 0.235 e. The first-order valence-electron chi connectivity index (χ1n) is 9.56. The lowest BCUT2D eigenvalue weighted by molar-refractivity contribution is -0.113. The molecule has 1 amide bonds. The Morgan fingerprint density at radius 1 is 1.38 bits per heavy atom. The summed E-state index contributed by atoms with van der Waals surface area (Å²) in [5.41, 5.74) is 2.46. The molecule has 1 atom stereocenters. The van der Waals surface area contributed by atoms with Crippen molar-refractivity contribution in [3.05, 3.63) is 28.8 Å². The van der Waals surface area contributed by atoms with E-state index in [0.29, 0.717) is 18.0 Å². The number of nitrogens with one attached hydrogen (secondary N) is 1. The zero-order chi connectivity index (χ0) is 21.4. The van der Waals surface area contributed by atoms with Gasteiger partial charge in [-0.05, 0) is 20.3 Å². The van der Waals surface area contributed by atoms with Crippen molar-refractivity contribution in [1.82, 2.24) is 14.9 Å². The zero-order valence-corrected chi connectivity index (χ0v) is 19.1. The molecule has 1 N–H and O–H groups in total. The third-order valence-electron chi connectivity index (χ3n) is 4.99. The monoisotopic (exact) mass is 440 g/mol. The lowest BCUT2D eigenvalue weighted by Gasteiger charge is -2.15. The lowest BCUT2D eigenvalue weighted by atomic mass is 9.92. The molecule has 3 heterocycles. The third kappa shape index (κ3) is 5.22. The SMILES string of the molecule is Cc1noc(C)c1CSCC(=O)Nc1cc(C(C)(C)C)nn1C1CCS(=O)(=O)C1. The van der Waals surface area contributed by atoms with Gasteiger partial charge in [0.1, 0.15) is 11.6 Å². The minimum Gasteiger partial charge on any atom is -0.361 e. The highest BCUT2D eigenvalue weighted by atomic mass is 32.2. The minimum absolute atomic E-state index is 0.0575. The number of nitrogens with zero attached hydrogens (tertiary/aromatic N) is 3. The molecule has 1 unspecified atom stereocenters. The van der Waals surface area contributed by atoms with Gasteiger partial charge in [-0.3, -0.25) is 4.79 Å². The molecule has 1 fully saturated rings. The fraction of sp³-hybridized carbons (Fsp3) is 0.632. The first kappa shape index (κ1) is 21.9. The molecule has 0 bridgehead atoms. The van der Waals surface area contributed by atoms with Crippen LogP contribution in [0.5, 0.6) is 0 Å². The molecule has 8 nitrogen and oxygen atoms in total. The second-order valence-corrected chi connectivity index (χ2v) is 11.7. The maximum Gasteiger partial charge on any atom is 0.235 e. The van der Waals surface area contributed by atoms with E-state index in [1.807, 2.05) is 40.7 Å². The summed E-state index contributed by atoms with van der Waals surface area (Å²) >= 11 is 1.48. The highest BCUT2D eigenvalue weighted by Crippen LogP contribution is 2.31. The Balaban J connectivity index is 1.70. The van der Waals surface area contributed by atoms with E-state index in [4.69, 9.17) is 4.52 Å². The molecule has 2 aromatic rings. The predicted octanol–water partition coefficient (Wildman–Crippen LogP) is 3.02. The highest BCUT2D eigenvalue weighted by molar-refractivity contribution is 7.99. The van der Waals surface area contributed by atoms with Gasteiger partial charge in [0.2, 0.25) is 5.91 Å². The molecule has 2 aromatic heterocycles. The van der Waals surface area contributed by atoms with Crippen LogP contribution in [0.15, 0.2) is 10.6 Å². The van der Waals surface area contributed by atoms with Crippen LogP contribution in [0.3, 0.4) is 0 Å². The van der Waals surface area contributed by atoms with Crippen molar-refractivity contribution in [2.24, 2.45) is 0 Å². The van der Waals surface area contributed by atoms with Crippen molar-refractivity contribution >= 4 is 33.3 Å². The molecule has 1 aliphatic rings. The van der Waals surface area contributed by atoms with Gasteiger partial charge in [-0.15, -0.1) is 11.8 Å². The Morgan fingerprint density at radius 3 is 2.66 bits per heavy atom. The number of carbonyl (C=O) groups is 1. The van der Waals surface area contributed by atoms with Gasteiger partial charge < -0.3 is 9.84 Å². The van der Waals surface area contributed by atoms with E-state index >= 15 is 0 Å². The van der Waals surface area contributed by atoms with E-state index in [1.165, 1.54) is 11.8 Å². The van der Waals surface area contributed by atoms with Gasteiger partial charge in [-0.25, -0.2) is 13.1 Å². The maximum atomic E-state index is 12.5. The fourth-order valence-corrected chi connectivity index (χ4v) is 5.90. The molecular weight excluding hydrogens is 412 g/mol. The van der Waals surface area contributed by atoms with E-state index in [9.17, 15) is 13.2 Å². The number of sulfone groups is 1. The van der Waals surface area contributed by atoms with Gasteiger partial charge in [0.05, 0.1) is 34.7 Å². The Kier molecular flexibility index (Phi) is 6.14. The summed E-state index contributed by atoms with van der Waals surface area (Å²) in [7, 11) is -3.05. The van der Waals surface area contributed by atoms with E-state index in [2.05, 4.69) is 15.6 Å². The summed E-state index contributed by atoms with van der Waals surface area (Å²) in [6.07, 6.45) is 0.511. The van der Waals surface area contributed by atoms with Crippen molar-refractivity contribution in [2.45, 2.75) is 58.2 Å². The number of hydrogen-bond acceptors (Lipinski definition) is 7. The van der Waals surface area contributed by atoms with Crippen LogP contribution in [0.2, 0.25) is 0 Å². The minimum atomic E-state index is -3.05. The number of aryl methyl sites for hydroxylation is 2. The van der Waals surface area contributed by atoms with E-state index in [0.717, 1.165) is 22.7 Å². The largest absolute Gasteiger partial charge is 0.361 e. The van der Waals surface area contributed by atoms with Gasteiger partial charge in [-0.1, -0.05) is 25.9 Å². The molecule has 1 saturated heterocycles. The Morgan fingerprint density at radius 2 is 2.10 bits per heavy atom. The van der Waals surface area contributed by atoms with Gasteiger partial charge in [-0.2, -0.15) is 5.10 Å². The molecule has 3 rings (SSSR count). The van der Waals surface area contributed by atoms with Crippen LogP contribution < -0.4 is 5.32 Å².